The molecule has 0 heterocycles. The minimum absolute atomic E-state index is 0.103. The average Bonchev–Trinajstić information content (AvgIpc) is 2.55. The van der Waals surface area contributed by atoms with E-state index in [1.807, 2.05) is 0 Å². The standard InChI is InChI=1S/C17H16Cl2N2O3/c1-24-15-7-6-11(18)10-14(15)21-16(22)8-9-20-17(23)12-4-2-3-5-13(12)19/h2-7,10H,8-9H2,1H3,(H,20,23)(H,21,22). The van der Waals surface area contributed by atoms with Gasteiger partial charge in [-0.3, -0.25) is 9.59 Å². The molecular formula is C17H16Cl2N2O3. The number of hydrogen-bond acceptors (Lipinski definition) is 3. The molecular weight excluding hydrogens is 351 g/mol. The number of carbonyl (C=O) groups is 2. The highest BCUT2D eigenvalue weighted by atomic mass is 35.5. The summed E-state index contributed by atoms with van der Waals surface area (Å²) in [7, 11) is 1.50. The van der Waals surface area contributed by atoms with Gasteiger partial charge < -0.3 is 15.4 Å². The van der Waals surface area contributed by atoms with E-state index in [0.29, 0.717) is 27.0 Å². The van der Waals surface area contributed by atoms with Crippen LogP contribution < -0.4 is 15.4 Å². The number of benzene rings is 2. The van der Waals surface area contributed by atoms with Crippen molar-refractivity contribution < 1.29 is 14.3 Å². The Morgan fingerprint density at radius 3 is 2.58 bits per heavy atom. The molecule has 0 radical (unpaired) electrons. The molecule has 0 atom stereocenters. The topological polar surface area (TPSA) is 67.4 Å². The first-order valence-corrected chi connectivity index (χ1v) is 7.93. The van der Waals surface area contributed by atoms with Gasteiger partial charge in [0.15, 0.2) is 0 Å². The van der Waals surface area contributed by atoms with E-state index in [4.69, 9.17) is 27.9 Å². The van der Waals surface area contributed by atoms with Crippen LogP contribution in [0, 0.1) is 0 Å². The Kier molecular flexibility index (Phi) is 6.46. The van der Waals surface area contributed by atoms with Crippen molar-refractivity contribution in [3.63, 3.8) is 0 Å². The molecule has 0 aliphatic heterocycles. The largest absolute Gasteiger partial charge is 0.495 e. The molecule has 126 valence electrons. The summed E-state index contributed by atoms with van der Waals surface area (Å²) in [6.07, 6.45) is 0.103. The molecule has 0 bridgehead atoms. The summed E-state index contributed by atoms with van der Waals surface area (Å²) in [6.45, 7) is 0.179. The molecule has 2 aromatic carbocycles. The van der Waals surface area contributed by atoms with Gasteiger partial charge in [0.05, 0.1) is 23.4 Å². The zero-order valence-electron chi connectivity index (χ0n) is 12.9. The van der Waals surface area contributed by atoms with Crippen molar-refractivity contribution >= 4 is 40.7 Å². The van der Waals surface area contributed by atoms with E-state index in [0.717, 1.165) is 0 Å². The van der Waals surface area contributed by atoms with Crippen molar-refractivity contribution in [3.8, 4) is 5.75 Å². The minimum Gasteiger partial charge on any atom is -0.495 e. The molecule has 2 amide bonds. The van der Waals surface area contributed by atoms with Crippen LogP contribution in [0.5, 0.6) is 5.75 Å². The number of halogens is 2. The molecule has 7 heteroatoms. The molecule has 0 aliphatic rings. The molecule has 0 saturated heterocycles. The van der Waals surface area contributed by atoms with Crippen LogP contribution in [0.3, 0.4) is 0 Å². The first kappa shape index (κ1) is 18.1. The highest BCUT2D eigenvalue weighted by Gasteiger charge is 2.11. The number of carbonyl (C=O) groups excluding carboxylic acids is 2. The fraction of sp³-hybridized carbons (Fsp3) is 0.176. The fourth-order valence-electron chi connectivity index (χ4n) is 2.02. The Morgan fingerprint density at radius 2 is 1.88 bits per heavy atom. The van der Waals surface area contributed by atoms with Crippen molar-refractivity contribution in [2.45, 2.75) is 6.42 Å². The third kappa shape index (κ3) is 4.88. The average molecular weight is 367 g/mol. The van der Waals surface area contributed by atoms with Gasteiger partial charge in [0.1, 0.15) is 5.75 Å². The third-order valence-corrected chi connectivity index (χ3v) is 3.76. The highest BCUT2D eigenvalue weighted by Crippen LogP contribution is 2.27. The number of anilines is 1. The van der Waals surface area contributed by atoms with E-state index in [1.165, 1.54) is 7.11 Å². The highest BCUT2D eigenvalue weighted by molar-refractivity contribution is 6.33. The first-order chi connectivity index (χ1) is 11.5. The second-order valence-corrected chi connectivity index (χ2v) is 5.72. The number of rotatable bonds is 6. The van der Waals surface area contributed by atoms with E-state index in [-0.39, 0.29) is 24.8 Å². The summed E-state index contributed by atoms with van der Waals surface area (Å²) in [5.74, 6) is -0.0865. The monoisotopic (exact) mass is 366 g/mol. The smallest absolute Gasteiger partial charge is 0.252 e. The Balaban J connectivity index is 1.87. The lowest BCUT2D eigenvalue weighted by Gasteiger charge is -2.11. The maximum atomic E-state index is 12.0. The molecule has 0 aliphatic carbocycles. The normalized spacial score (nSPS) is 10.1. The molecule has 24 heavy (non-hydrogen) atoms. The Labute approximate surface area is 149 Å². The molecule has 0 aromatic heterocycles. The van der Waals surface area contributed by atoms with Crippen LogP contribution in [0.15, 0.2) is 42.5 Å². The maximum absolute atomic E-state index is 12.0. The van der Waals surface area contributed by atoms with Crippen LogP contribution in [0.25, 0.3) is 0 Å². The van der Waals surface area contributed by atoms with Gasteiger partial charge in [-0.2, -0.15) is 0 Å². The zero-order valence-corrected chi connectivity index (χ0v) is 14.4. The quantitative estimate of drug-likeness (QED) is 0.817. The van der Waals surface area contributed by atoms with E-state index in [9.17, 15) is 9.59 Å². The van der Waals surface area contributed by atoms with Gasteiger partial charge in [-0.15, -0.1) is 0 Å². The number of amides is 2. The van der Waals surface area contributed by atoms with Crippen molar-refractivity contribution in [1.82, 2.24) is 5.32 Å². The Morgan fingerprint density at radius 1 is 1.12 bits per heavy atom. The van der Waals surface area contributed by atoms with Crippen LogP contribution >= 0.6 is 23.2 Å². The summed E-state index contributed by atoms with van der Waals surface area (Å²) in [5.41, 5.74) is 0.850. The van der Waals surface area contributed by atoms with Crippen LogP contribution in [0.4, 0.5) is 5.69 Å². The SMILES string of the molecule is COc1ccc(Cl)cc1NC(=O)CCNC(=O)c1ccccc1Cl. The Hall–Kier alpha value is -2.24. The van der Waals surface area contributed by atoms with Gasteiger partial charge in [0, 0.05) is 18.0 Å². The molecule has 2 rings (SSSR count). The van der Waals surface area contributed by atoms with Crippen molar-refractivity contribution in [3.05, 3.63) is 58.1 Å². The molecule has 0 fully saturated rings. The molecule has 0 spiro atoms. The minimum atomic E-state index is -0.325. The summed E-state index contributed by atoms with van der Waals surface area (Å²) < 4.78 is 5.16. The van der Waals surface area contributed by atoms with Crippen LogP contribution in [-0.4, -0.2) is 25.5 Å². The molecule has 0 saturated carbocycles. The van der Waals surface area contributed by atoms with Gasteiger partial charge in [-0.25, -0.2) is 0 Å². The van der Waals surface area contributed by atoms with E-state index < -0.39 is 0 Å². The van der Waals surface area contributed by atoms with Gasteiger partial charge in [0.2, 0.25) is 5.91 Å². The van der Waals surface area contributed by atoms with E-state index in [1.54, 1.807) is 42.5 Å². The first-order valence-electron chi connectivity index (χ1n) is 7.17. The second kappa shape index (κ2) is 8.57. The predicted molar refractivity (Wildman–Crippen MR) is 95.0 cm³/mol. The van der Waals surface area contributed by atoms with Crippen LogP contribution in [0.1, 0.15) is 16.8 Å². The third-order valence-electron chi connectivity index (χ3n) is 3.19. The predicted octanol–water partition coefficient (Wildman–Crippen LogP) is 3.76. The zero-order chi connectivity index (χ0) is 17.5. The van der Waals surface area contributed by atoms with Gasteiger partial charge in [-0.05, 0) is 30.3 Å². The second-order valence-electron chi connectivity index (χ2n) is 4.88. The van der Waals surface area contributed by atoms with Crippen molar-refractivity contribution in [1.29, 1.82) is 0 Å². The van der Waals surface area contributed by atoms with Crippen molar-refractivity contribution in [2.24, 2.45) is 0 Å². The van der Waals surface area contributed by atoms with Crippen LogP contribution in [0.2, 0.25) is 10.0 Å². The van der Waals surface area contributed by atoms with Gasteiger partial charge >= 0.3 is 0 Å². The van der Waals surface area contributed by atoms with Crippen molar-refractivity contribution in [2.75, 3.05) is 19.0 Å². The van der Waals surface area contributed by atoms with E-state index in [2.05, 4.69) is 10.6 Å². The van der Waals surface area contributed by atoms with Gasteiger partial charge in [0.25, 0.3) is 5.91 Å². The lowest BCUT2D eigenvalue weighted by molar-refractivity contribution is -0.116. The molecule has 0 unspecified atom stereocenters. The number of hydrogen-bond donors (Lipinski definition) is 2. The molecule has 2 aromatic rings. The maximum Gasteiger partial charge on any atom is 0.252 e. The Bertz CT molecular complexity index is 750. The summed E-state index contributed by atoms with van der Waals surface area (Å²) in [4.78, 5) is 24.0. The lowest BCUT2D eigenvalue weighted by Crippen LogP contribution is -2.27. The molecule has 2 N–H and O–H groups in total. The lowest BCUT2D eigenvalue weighted by atomic mass is 10.2. The molecule has 5 nitrogen and oxygen atoms in total. The van der Waals surface area contributed by atoms with Crippen LogP contribution in [-0.2, 0) is 4.79 Å². The van der Waals surface area contributed by atoms with Gasteiger partial charge in [-0.1, -0.05) is 35.3 Å². The summed E-state index contributed by atoms with van der Waals surface area (Å²) >= 11 is 11.9. The summed E-state index contributed by atoms with van der Waals surface area (Å²) in [5, 5.41) is 6.20. The number of ether oxygens (including phenoxy) is 1. The number of methoxy groups -OCH3 is 1. The summed E-state index contributed by atoms with van der Waals surface area (Å²) in [6, 6.07) is 11.6. The van der Waals surface area contributed by atoms with E-state index >= 15 is 0 Å². The number of nitrogens with one attached hydrogen (secondary N) is 2. The fourth-order valence-corrected chi connectivity index (χ4v) is 2.41.